The van der Waals surface area contributed by atoms with Crippen molar-refractivity contribution in [1.29, 1.82) is 0 Å². The molecule has 1 N–H and O–H groups in total. The number of aryl methyl sites for hydroxylation is 1. The molecule has 0 saturated heterocycles. The molecule has 3 heterocycles. The lowest BCUT2D eigenvalue weighted by atomic mass is 10.3. The minimum absolute atomic E-state index is 0.0702. The summed E-state index contributed by atoms with van der Waals surface area (Å²) in [7, 11) is -6.32. The van der Waals surface area contributed by atoms with Crippen LogP contribution in [0.2, 0.25) is 0 Å². The molecule has 4 rings (SSSR count). The van der Waals surface area contributed by atoms with E-state index in [0.717, 1.165) is 18.3 Å². The lowest BCUT2D eigenvalue weighted by Gasteiger charge is -2.14. The molecule has 0 aromatic carbocycles. The first-order valence-electron chi connectivity index (χ1n) is 10.6. The Morgan fingerprint density at radius 2 is 1.80 bits per heavy atom. The maximum atomic E-state index is 13.5. The molecule has 0 radical (unpaired) electrons. The van der Waals surface area contributed by atoms with Crippen molar-refractivity contribution in [2.24, 2.45) is 7.05 Å². The number of sulfonamides is 1. The number of pyridine rings is 2. The monoisotopic (exact) mass is 533 g/mol. The van der Waals surface area contributed by atoms with Gasteiger partial charge in [0.2, 0.25) is 10.0 Å². The van der Waals surface area contributed by atoms with Crippen LogP contribution < -0.4 is 10.3 Å². The van der Waals surface area contributed by atoms with E-state index < -0.39 is 42.5 Å². The van der Waals surface area contributed by atoms with E-state index in [1.54, 1.807) is 0 Å². The predicted octanol–water partition coefficient (Wildman–Crippen LogP) is 2.53. The summed E-state index contributed by atoms with van der Waals surface area (Å²) in [5.41, 5.74) is -2.83. The highest BCUT2D eigenvalue weighted by Gasteiger charge is 2.37. The molecule has 15 heteroatoms. The van der Waals surface area contributed by atoms with Crippen LogP contribution in [0.5, 0.6) is 0 Å². The Morgan fingerprint density at radius 1 is 1.14 bits per heavy atom. The molecule has 3 aromatic heterocycles. The van der Waals surface area contributed by atoms with Gasteiger partial charge in [-0.25, -0.2) is 26.8 Å². The summed E-state index contributed by atoms with van der Waals surface area (Å²) in [6, 6.07) is 1.84. The molecule has 3 aromatic rings. The maximum absolute atomic E-state index is 13.5. The zero-order valence-corrected chi connectivity index (χ0v) is 20.6. The van der Waals surface area contributed by atoms with E-state index in [-0.39, 0.29) is 45.4 Å². The van der Waals surface area contributed by atoms with E-state index in [9.17, 15) is 34.8 Å². The molecule has 0 amide bonds. The quantitative estimate of drug-likeness (QED) is 0.493. The normalized spacial score (nSPS) is 15.0. The third kappa shape index (κ3) is 4.42. The molecule has 0 spiro atoms. The number of alkyl halides is 3. The van der Waals surface area contributed by atoms with E-state index in [4.69, 9.17) is 0 Å². The molecule has 1 aliphatic rings. The second-order valence-corrected chi connectivity index (χ2v) is 12.3. The van der Waals surface area contributed by atoms with Crippen LogP contribution >= 0.6 is 0 Å². The van der Waals surface area contributed by atoms with Crippen LogP contribution in [0.3, 0.4) is 0 Å². The van der Waals surface area contributed by atoms with Crippen LogP contribution in [0, 0.1) is 0 Å². The third-order valence-electron chi connectivity index (χ3n) is 5.74. The Morgan fingerprint density at radius 3 is 2.34 bits per heavy atom. The third-order valence-corrected chi connectivity index (χ3v) is 9.35. The topological polar surface area (TPSA) is 133 Å². The number of imidazole rings is 1. The highest BCUT2D eigenvalue weighted by atomic mass is 32.2. The van der Waals surface area contributed by atoms with Gasteiger partial charge in [-0.15, -0.1) is 0 Å². The van der Waals surface area contributed by atoms with Gasteiger partial charge in [0.05, 0.1) is 33.3 Å². The Balaban J connectivity index is 1.96. The zero-order valence-electron chi connectivity index (χ0n) is 18.9. The molecular weight excluding hydrogens is 511 g/mol. The maximum Gasteiger partial charge on any atom is 0.431 e. The van der Waals surface area contributed by atoms with Crippen molar-refractivity contribution in [3.8, 4) is 11.5 Å². The van der Waals surface area contributed by atoms with E-state index in [1.165, 1.54) is 25.5 Å². The molecule has 1 aliphatic carbocycles. The molecule has 1 fully saturated rings. The van der Waals surface area contributed by atoms with E-state index in [0.29, 0.717) is 17.4 Å². The lowest BCUT2D eigenvalue weighted by molar-refractivity contribution is -0.144. The van der Waals surface area contributed by atoms with Crippen LogP contribution in [0.4, 0.5) is 18.9 Å². The zero-order chi connectivity index (χ0) is 25.9. The second-order valence-electron chi connectivity index (χ2n) is 8.13. The average molecular weight is 534 g/mol. The highest BCUT2D eigenvalue weighted by Crippen LogP contribution is 2.34. The fourth-order valence-electron chi connectivity index (χ4n) is 3.77. The van der Waals surface area contributed by atoms with E-state index >= 15 is 0 Å². The molecule has 0 aliphatic heterocycles. The van der Waals surface area contributed by atoms with Gasteiger partial charge in [0, 0.05) is 13.6 Å². The fraction of sp³-hybridized carbons (Fsp3) is 0.450. The number of sulfone groups is 1. The molecular formula is C20H22F3N5O5S2. The van der Waals surface area contributed by atoms with Gasteiger partial charge in [0.25, 0.3) is 5.56 Å². The van der Waals surface area contributed by atoms with Crippen molar-refractivity contribution in [3.05, 3.63) is 34.4 Å². The Hall–Kier alpha value is -2.94. The SMILES string of the molecule is CCn1c(C(F)(F)F)cc2nc(-c3ncc(NS(=O)(=O)C4CC4)cc3S(=O)(=O)CC)n(C)c2c1=O. The number of halogens is 3. The Labute approximate surface area is 198 Å². The summed E-state index contributed by atoms with van der Waals surface area (Å²) < 4.78 is 95.0. The molecule has 0 bridgehead atoms. The van der Waals surface area contributed by atoms with Gasteiger partial charge in [-0.1, -0.05) is 6.92 Å². The van der Waals surface area contributed by atoms with Gasteiger partial charge in [-0.2, -0.15) is 13.2 Å². The molecule has 35 heavy (non-hydrogen) atoms. The first kappa shape index (κ1) is 25.2. The minimum atomic E-state index is -4.81. The number of fused-ring (bicyclic) bond motifs is 1. The standard InChI is InChI=1S/C20H22F3N5O5S2/c1-4-28-15(20(21,22)23)9-13-17(19(28)29)27(3)18(25-13)16-14(34(30,31)5-2)8-11(10-24-16)26-35(32,33)12-6-7-12/h8-10,12,26H,4-7H2,1-3H3. The van der Waals surface area contributed by atoms with Crippen molar-refractivity contribution in [2.45, 2.75) is 49.6 Å². The molecule has 10 nitrogen and oxygen atoms in total. The van der Waals surface area contributed by atoms with Gasteiger partial charge in [-0.3, -0.25) is 9.52 Å². The van der Waals surface area contributed by atoms with Gasteiger partial charge >= 0.3 is 6.18 Å². The largest absolute Gasteiger partial charge is 0.431 e. The molecule has 0 unspecified atom stereocenters. The Bertz CT molecular complexity index is 1600. The summed E-state index contributed by atoms with van der Waals surface area (Å²) in [6.45, 7) is 2.53. The van der Waals surface area contributed by atoms with E-state index in [2.05, 4.69) is 14.7 Å². The lowest BCUT2D eigenvalue weighted by Crippen LogP contribution is -2.28. The predicted molar refractivity (Wildman–Crippen MR) is 122 cm³/mol. The summed E-state index contributed by atoms with van der Waals surface area (Å²) in [6.07, 6.45) is -2.71. The van der Waals surface area contributed by atoms with Crippen LogP contribution in [-0.2, 0) is 39.6 Å². The van der Waals surface area contributed by atoms with Crippen molar-refractivity contribution < 1.29 is 30.0 Å². The van der Waals surface area contributed by atoms with Crippen molar-refractivity contribution in [3.63, 3.8) is 0 Å². The number of rotatable bonds is 7. The molecule has 190 valence electrons. The first-order chi connectivity index (χ1) is 16.2. The first-order valence-corrected chi connectivity index (χ1v) is 13.8. The summed E-state index contributed by atoms with van der Waals surface area (Å²) in [5.74, 6) is -0.506. The summed E-state index contributed by atoms with van der Waals surface area (Å²) in [4.78, 5) is 20.8. The molecule has 0 atom stereocenters. The Kier molecular flexibility index (Phi) is 5.99. The number of nitrogens with zero attached hydrogens (tertiary/aromatic N) is 4. The number of nitrogens with one attached hydrogen (secondary N) is 1. The van der Waals surface area contributed by atoms with Crippen molar-refractivity contribution >= 4 is 36.6 Å². The van der Waals surface area contributed by atoms with Gasteiger partial charge in [-0.05, 0) is 31.9 Å². The number of aromatic nitrogens is 4. The molecule has 1 saturated carbocycles. The average Bonchev–Trinajstić information content (AvgIpc) is 3.58. The van der Waals surface area contributed by atoms with Crippen LogP contribution in [0.25, 0.3) is 22.6 Å². The van der Waals surface area contributed by atoms with Crippen LogP contribution in [-0.4, -0.2) is 46.9 Å². The van der Waals surface area contributed by atoms with Gasteiger partial charge < -0.3 is 9.13 Å². The van der Waals surface area contributed by atoms with Crippen LogP contribution in [0.1, 0.15) is 32.4 Å². The smallest absolute Gasteiger partial charge is 0.321 e. The van der Waals surface area contributed by atoms with E-state index in [1.807, 2.05) is 0 Å². The summed E-state index contributed by atoms with van der Waals surface area (Å²) in [5, 5.41) is -0.559. The number of anilines is 1. The minimum Gasteiger partial charge on any atom is -0.321 e. The van der Waals surface area contributed by atoms with Crippen LogP contribution in [0.15, 0.2) is 28.0 Å². The highest BCUT2D eigenvalue weighted by molar-refractivity contribution is 7.93. The van der Waals surface area contributed by atoms with Gasteiger partial charge in [0.15, 0.2) is 15.7 Å². The second kappa shape index (κ2) is 8.33. The van der Waals surface area contributed by atoms with Crippen molar-refractivity contribution in [2.75, 3.05) is 10.5 Å². The summed E-state index contributed by atoms with van der Waals surface area (Å²) >= 11 is 0. The fourth-order valence-corrected chi connectivity index (χ4v) is 6.19. The number of hydrogen-bond acceptors (Lipinski definition) is 7. The number of hydrogen-bond donors (Lipinski definition) is 1. The van der Waals surface area contributed by atoms with Crippen molar-refractivity contribution in [1.82, 2.24) is 19.1 Å². The van der Waals surface area contributed by atoms with Gasteiger partial charge in [0.1, 0.15) is 16.9 Å².